The zero-order chi connectivity index (χ0) is 31.1. The lowest BCUT2D eigenvalue weighted by atomic mass is 10.2. The highest BCUT2D eigenvalue weighted by Gasteiger charge is 2.27. The number of carbonyl (C=O) groups excluding carboxylic acids is 1. The number of ether oxygens (including phenoxy) is 2. The number of anilines is 1. The minimum absolute atomic E-state index is 0.0165. The highest BCUT2D eigenvalue weighted by molar-refractivity contribution is 9.10. The van der Waals surface area contributed by atoms with E-state index in [0.717, 1.165) is 27.6 Å². The maximum Gasteiger partial charge on any atom is 0.264 e. The van der Waals surface area contributed by atoms with Gasteiger partial charge < -0.3 is 9.47 Å². The molecule has 0 aliphatic carbocycles. The standard InChI is InChI=1S/C30H25BrCl2FN3O5S/c1-19-3-10-24(11-4-19)43(39,40)37(23-8-6-22(34)7-9-23)17-29(38)36-35-16-21-13-25(31)30(28(15-21)41-2)42-18-20-5-12-26(32)27(33)14-20/h3-16H,17-18H2,1-2H3,(H,36,38)/b35-16-. The topological polar surface area (TPSA) is 97.3 Å². The van der Waals surface area contributed by atoms with Gasteiger partial charge in [0.25, 0.3) is 15.9 Å². The van der Waals surface area contributed by atoms with Gasteiger partial charge in [-0.05, 0) is 94.6 Å². The zero-order valence-electron chi connectivity index (χ0n) is 22.9. The number of benzene rings is 4. The fraction of sp³-hybridized carbons (Fsp3) is 0.133. The molecule has 0 bridgehead atoms. The van der Waals surface area contributed by atoms with Crippen LogP contribution in [0.5, 0.6) is 11.5 Å². The molecule has 4 aromatic rings. The van der Waals surface area contributed by atoms with Crippen LogP contribution in [0.1, 0.15) is 16.7 Å². The van der Waals surface area contributed by atoms with Crippen molar-refractivity contribution in [3.63, 3.8) is 0 Å². The minimum atomic E-state index is -4.16. The summed E-state index contributed by atoms with van der Waals surface area (Å²) in [6.45, 7) is 1.42. The Balaban J connectivity index is 1.48. The van der Waals surface area contributed by atoms with Gasteiger partial charge in [-0.1, -0.05) is 47.0 Å². The number of methoxy groups -OCH3 is 1. The second-order valence-electron chi connectivity index (χ2n) is 9.17. The molecular weight excluding hydrogens is 684 g/mol. The number of rotatable bonds is 11. The molecule has 1 amide bonds. The Morgan fingerprint density at radius 3 is 2.37 bits per heavy atom. The lowest BCUT2D eigenvalue weighted by Crippen LogP contribution is -2.39. The van der Waals surface area contributed by atoms with Crippen LogP contribution in [0.15, 0.2) is 93.3 Å². The largest absolute Gasteiger partial charge is 0.493 e. The average molecular weight is 709 g/mol. The first kappa shape index (κ1) is 32.3. The molecule has 1 N–H and O–H groups in total. The molecule has 0 aliphatic heterocycles. The van der Waals surface area contributed by atoms with Crippen LogP contribution >= 0.6 is 39.1 Å². The maximum absolute atomic E-state index is 13.6. The van der Waals surface area contributed by atoms with Crippen molar-refractivity contribution in [1.29, 1.82) is 0 Å². The Morgan fingerprint density at radius 2 is 1.72 bits per heavy atom. The van der Waals surface area contributed by atoms with E-state index in [1.807, 2.05) is 6.92 Å². The van der Waals surface area contributed by atoms with Gasteiger partial charge in [-0.25, -0.2) is 18.2 Å². The van der Waals surface area contributed by atoms with E-state index in [9.17, 15) is 17.6 Å². The highest BCUT2D eigenvalue weighted by atomic mass is 79.9. The molecular formula is C30H25BrCl2FN3O5S. The first-order chi connectivity index (χ1) is 20.5. The summed E-state index contributed by atoms with van der Waals surface area (Å²) in [5.74, 6) is -0.429. The van der Waals surface area contributed by atoms with Crippen molar-refractivity contribution in [3.05, 3.63) is 116 Å². The number of hydrogen-bond donors (Lipinski definition) is 1. The smallest absolute Gasteiger partial charge is 0.264 e. The predicted octanol–water partition coefficient (Wildman–Crippen LogP) is 7.14. The summed E-state index contributed by atoms with van der Waals surface area (Å²) in [6, 6.07) is 19.5. The molecule has 0 aliphatic rings. The normalized spacial score (nSPS) is 11.4. The van der Waals surface area contributed by atoms with Gasteiger partial charge in [-0.15, -0.1) is 0 Å². The van der Waals surface area contributed by atoms with Crippen LogP contribution in [0.4, 0.5) is 10.1 Å². The van der Waals surface area contributed by atoms with E-state index in [1.54, 1.807) is 42.5 Å². The fourth-order valence-electron chi connectivity index (χ4n) is 3.84. The van der Waals surface area contributed by atoms with E-state index in [2.05, 4.69) is 26.5 Å². The number of amides is 1. The number of carbonyl (C=O) groups is 1. The maximum atomic E-state index is 13.6. The van der Waals surface area contributed by atoms with Crippen LogP contribution in [0, 0.1) is 12.7 Å². The summed E-state index contributed by atoms with van der Waals surface area (Å²) >= 11 is 15.5. The first-order valence-corrected chi connectivity index (χ1v) is 15.6. The molecule has 8 nitrogen and oxygen atoms in total. The van der Waals surface area contributed by atoms with Crippen molar-refractivity contribution in [3.8, 4) is 11.5 Å². The summed E-state index contributed by atoms with van der Waals surface area (Å²) in [6.07, 6.45) is 1.37. The number of aryl methyl sites for hydroxylation is 1. The van der Waals surface area contributed by atoms with E-state index in [1.165, 1.54) is 37.6 Å². The molecule has 0 aromatic heterocycles. The molecule has 43 heavy (non-hydrogen) atoms. The molecule has 4 rings (SSSR count). The van der Waals surface area contributed by atoms with Gasteiger partial charge in [-0.2, -0.15) is 5.10 Å². The third kappa shape index (κ3) is 8.26. The predicted molar refractivity (Wildman–Crippen MR) is 169 cm³/mol. The van der Waals surface area contributed by atoms with E-state index >= 15 is 0 Å². The van der Waals surface area contributed by atoms with Crippen LogP contribution in [-0.2, 0) is 21.4 Å². The van der Waals surface area contributed by atoms with Crippen molar-refractivity contribution in [2.75, 3.05) is 18.0 Å². The number of halogens is 4. The summed E-state index contributed by atoms with van der Waals surface area (Å²) in [4.78, 5) is 12.8. The van der Waals surface area contributed by atoms with Gasteiger partial charge in [-0.3, -0.25) is 9.10 Å². The third-order valence-corrected chi connectivity index (χ3v) is 9.15. The summed E-state index contributed by atoms with van der Waals surface area (Å²) in [7, 11) is -2.68. The van der Waals surface area contributed by atoms with Crippen molar-refractivity contribution in [2.45, 2.75) is 18.4 Å². The minimum Gasteiger partial charge on any atom is -0.493 e. The number of nitrogens with zero attached hydrogens (tertiary/aromatic N) is 2. The van der Waals surface area contributed by atoms with Crippen LogP contribution < -0.4 is 19.2 Å². The molecule has 0 radical (unpaired) electrons. The molecule has 224 valence electrons. The third-order valence-electron chi connectivity index (χ3n) is 6.03. The number of sulfonamides is 1. The average Bonchev–Trinajstić information content (AvgIpc) is 2.97. The Morgan fingerprint density at radius 1 is 1.02 bits per heavy atom. The van der Waals surface area contributed by atoms with E-state index in [-0.39, 0.29) is 17.2 Å². The van der Waals surface area contributed by atoms with Crippen molar-refractivity contribution in [1.82, 2.24) is 5.43 Å². The molecule has 4 aromatic carbocycles. The molecule has 0 saturated heterocycles. The quantitative estimate of drug-likeness (QED) is 0.132. The molecule has 0 spiro atoms. The molecule has 0 fully saturated rings. The van der Waals surface area contributed by atoms with Gasteiger partial charge >= 0.3 is 0 Å². The fourth-order valence-corrected chi connectivity index (χ4v) is 6.16. The van der Waals surface area contributed by atoms with E-state index in [0.29, 0.717) is 31.6 Å². The van der Waals surface area contributed by atoms with Gasteiger partial charge in [0.05, 0.1) is 38.4 Å². The van der Waals surface area contributed by atoms with Crippen molar-refractivity contribution >= 4 is 67.0 Å². The van der Waals surface area contributed by atoms with E-state index in [4.69, 9.17) is 32.7 Å². The molecule has 0 heterocycles. The highest BCUT2D eigenvalue weighted by Crippen LogP contribution is 2.37. The zero-order valence-corrected chi connectivity index (χ0v) is 26.8. The summed E-state index contributed by atoms with van der Waals surface area (Å²) < 4.78 is 53.3. The second-order valence-corrected chi connectivity index (χ2v) is 12.7. The Labute approximate surface area is 267 Å². The van der Waals surface area contributed by atoms with Crippen LogP contribution in [0.3, 0.4) is 0 Å². The first-order valence-electron chi connectivity index (χ1n) is 12.6. The molecule has 0 unspecified atom stereocenters. The van der Waals surface area contributed by atoms with Crippen molar-refractivity contribution < 1.29 is 27.1 Å². The van der Waals surface area contributed by atoms with Gasteiger partial charge in [0.2, 0.25) is 0 Å². The van der Waals surface area contributed by atoms with E-state index < -0.39 is 28.3 Å². The monoisotopic (exact) mass is 707 g/mol. The van der Waals surface area contributed by atoms with Crippen LogP contribution in [0.25, 0.3) is 0 Å². The summed E-state index contributed by atoms with van der Waals surface area (Å²) in [5.41, 5.74) is 4.68. The lowest BCUT2D eigenvalue weighted by Gasteiger charge is -2.23. The Hall–Kier alpha value is -3.64. The van der Waals surface area contributed by atoms with Crippen molar-refractivity contribution in [2.24, 2.45) is 5.10 Å². The van der Waals surface area contributed by atoms with Crippen LogP contribution in [0.2, 0.25) is 10.0 Å². The molecule has 13 heteroatoms. The molecule has 0 saturated carbocycles. The number of hydrazone groups is 1. The number of nitrogens with one attached hydrogen (secondary N) is 1. The Kier molecular flexibility index (Phi) is 10.7. The van der Waals surface area contributed by atoms with Crippen LogP contribution in [-0.4, -0.2) is 34.2 Å². The number of hydrogen-bond acceptors (Lipinski definition) is 6. The van der Waals surface area contributed by atoms with Gasteiger partial charge in [0.1, 0.15) is 19.0 Å². The summed E-state index contributed by atoms with van der Waals surface area (Å²) in [5, 5.41) is 4.83. The molecule has 0 atom stereocenters. The Bertz CT molecular complexity index is 1760. The second kappa shape index (κ2) is 14.2. The SMILES string of the molecule is COc1cc(/C=N\NC(=O)CN(c2ccc(F)cc2)S(=O)(=O)c2ccc(C)cc2)cc(Br)c1OCc1ccc(Cl)c(Cl)c1. The van der Waals surface area contributed by atoms with Gasteiger partial charge in [0, 0.05) is 0 Å². The van der Waals surface area contributed by atoms with Gasteiger partial charge in [0.15, 0.2) is 11.5 Å². The lowest BCUT2D eigenvalue weighted by molar-refractivity contribution is -0.119.